The van der Waals surface area contributed by atoms with Gasteiger partial charge < -0.3 is 13.7 Å². The highest BCUT2D eigenvalue weighted by Crippen LogP contribution is 2.27. The number of amides is 1. The van der Waals surface area contributed by atoms with Gasteiger partial charge in [-0.25, -0.2) is 17.5 Å². The van der Waals surface area contributed by atoms with Gasteiger partial charge >= 0.3 is 6.01 Å². The minimum atomic E-state index is -4.21. The van der Waals surface area contributed by atoms with E-state index in [1.165, 1.54) is 6.07 Å². The second-order valence-electron chi connectivity index (χ2n) is 6.99. The Morgan fingerprint density at radius 2 is 1.87 bits per heavy atom. The molecule has 1 aromatic carbocycles. The molecule has 0 bridgehead atoms. The lowest BCUT2D eigenvalue weighted by Gasteiger charge is -2.16. The van der Waals surface area contributed by atoms with Gasteiger partial charge in [0.15, 0.2) is 0 Å². The van der Waals surface area contributed by atoms with E-state index >= 15 is 0 Å². The van der Waals surface area contributed by atoms with E-state index in [1.807, 2.05) is 0 Å². The number of rotatable bonds is 5. The number of sulfonamides is 1. The van der Waals surface area contributed by atoms with Crippen molar-refractivity contribution in [3.8, 4) is 11.5 Å². The zero-order chi connectivity index (χ0) is 21.5. The van der Waals surface area contributed by atoms with Gasteiger partial charge in [0.2, 0.25) is 0 Å². The van der Waals surface area contributed by atoms with Gasteiger partial charge in [0.25, 0.3) is 21.8 Å². The summed E-state index contributed by atoms with van der Waals surface area (Å²) in [6.45, 7) is 4.59. The summed E-state index contributed by atoms with van der Waals surface area (Å²) < 4.78 is 52.5. The molecule has 2 aromatic heterocycles. The van der Waals surface area contributed by atoms with Crippen molar-refractivity contribution in [3.05, 3.63) is 47.2 Å². The molecule has 4 rings (SSSR count). The smallest absolute Gasteiger partial charge is 0.330 e. The maximum absolute atomic E-state index is 14.5. The van der Waals surface area contributed by atoms with E-state index < -0.39 is 21.7 Å². The highest BCUT2D eigenvalue weighted by Gasteiger charge is 2.25. The van der Waals surface area contributed by atoms with Gasteiger partial charge in [0, 0.05) is 13.1 Å². The zero-order valence-electron chi connectivity index (χ0n) is 16.3. The number of hydrogen-bond acceptors (Lipinski definition) is 7. The first kappa shape index (κ1) is 20.1. The van der Waals surface area contributed by atoms with Gasteiger partial charge in [-0.15, -0.1) is 5.10 Å². The standard InChI is InChI=1S/C19H19FN4O5S/c1-11-9-15(12(2)28-11)17-21-22-19(29-17)23-30(26,27)13-5-6-14(16(20)10-13)18(25)24-7-3-4-8-24/h5-6,9-10H,3-4,7-8H2,1-2H3,(H,22,23). The van der Waals surface area contributed by atoms with Crippen LogP contribution in [0.15, 0.2) is 38.0 Å². The van der Waals surface area contributed by atoms with E-state index in [0.717, 1.165) is 25.0 Å². The predicted molar refractivity (Wildman–Crippen MR) is 104 cm³/mol. The number of benzene rings is 1. The van der Waals surface area contributed by atoms with Gasteiger partial charge in [0.1, 0.15) is 17.3 Å². The Morgan fingerprint density at radius 3 is 2.50 bits per heavy atom. The van der Waals surface area contributed by atoms with Crippen LogP contribution in [0, 0.1) is 19.7 Å². The minimum Gasteiger partial charge on any atom is -0.466 e. The quantitative estimate of drug-likeness (QED) is 0.655. The Labute approximate surface area is 171 Å². The number of aryl methyl sites for hydroxylation is 2. The Hall–Kier alpha value is -3.21. The summed E-state index contributed by atoms with van der Waals surface area (Å²) >= 11 is 0. The second kappa shape index (κ2) is 7.56. The average Bonchev–Trinajstić information content (AvgIpc) is 3.42. The molecule has 1 amide bonds. The molecule has 1 aliphatic rings. The fourth-order valence-electron chi connectivity index (χ4n) is 3.32. The third-order valence-electron chi connectivity index (χ3n) is 4.79. The number of halogens is 1. The summed E-state index contributed by atoms with van der Waals surface area (Å²) in [5.74, 6) is -0.0905. The molecule has 3 aromatic rings. The monoisotopic (exact) mass is 434 g/mol. The third kappa shape index (κ3) is 3.80. The number of carbonyl (C=O) groups is 1. The van der Waals surface area contributed by atoms with E-state index in [-0.39, 0.29) is 22.4 Å². The van der Waals surface area contributed by atoms with Gasteiger partial charge in [0.05, 0.1) is 16.0 Å². The number of anilines is 1. The highest BCUT2D eigenvalue weighted by molar-refractivity contribution is 7.92. The summed E-state index contributed by atoms with van der Waals surface area (Å²) in [4.78, 5) is 13.5. The topological polar surface area (TPSA) is 119 Å². The normalized spacial score (nSPS) is 14.3. The van der Waals surface area contributed by atoms with Crippen LogP contribution >= 0.6 is 0 Å². The third-order valence-corrected chi connectivity index (χ3v) is 6.11. The summed E-state index contributed by atoms with van der Waals surface area (Å²) in [6, 6.07) is 4.44. The van der Waals surface area contributed by atoms with Gasteiger partial charge in [-0.2, -0.15) is 0 Å². The highest BCUT2D eigenvalue weighted by atomic mass is 32.2. The largest absolute Gasteiger partial charge is 0.466 e. The summed E-state index contributed by atoms with van der Waals surface area (Å²) in [5, 5.41) is 7.48. The Bertz CT molecular complexity index is 1210. The molecular formula is C19H19FN4O5S. The van der Waals surface area contributed by atoms with Crippen LogP contribution < -0.4 is 4.72 Å². The molecular weight excluding hydrogens is 415 g/mol. The van der Waals surface area contributed by atoms with Crippen molar-refractivity contribution in [2.24, 2.45) is 0 Å². The van der Waals surface area contributed by atoms with Crippen molar-refractivity contribution in [2.75, 3.05) is 17.8 Å². The zero-order valence-corrected chi connectivity index (χ0v) is 17.1. The number of furan rings is 1. The van der Waals surface area contributed by atoms with Crippen molar-refractivity contribution >= 4 is 21.9 Å². The van der Waals surface area contributed by atoms with Crippen LogP contribution in [0.5, 0.6) is 0 Å². The molecule has 158 valence electrons. The first-order chi connectivity index (χ1) is 14.2. The van der Waals surface area contributed by atoms with Crippen LogP contribution in [0.1, 0.15) is 34.7 Å². The molecule has 1 saturated heterocycles. The molecule has 0 atom stereocenters. The average molecular weight is 434 g/mol. The SMILES string of the molecule is Cc1cc(-c2nnc(NS(=O)(=O)c3ccc(C(=O)N4CCCC4)c(F)c3)o2)c(C)o1. The number of hydrogen-bond donors (Lipinski definition) is 1. The van der Waals surface area contributed by atoms with Gasteiger partial charge in [-0.05, 0) is 51.0 Å². The maximum atomic E-state index is 14.5. The fourth-order valence-corrected chi connectivity index (χ4v) is 4.25. The molecule has 1 fully saturated rings. The predicted octanol–water partition coefficient (Wildman–Crippen LogP) is 3.12. The van der Waals surface area contributed by atoms with Gasteiger partial charge in [-0.1, -0.05) is 5.10 Å². The van der Waals surface area contributed by atoms with Crippen molar-refractivity contribution < 1.29 is 26.4 Å². The first-order valence-corrected chi connectivity index (χ1v) is 10.8. The van der Waals surface area contributed by atoms with Crippen LogP contribution in [-0.4, -0.2) is 42.5 Å². The van der Waals surface area contributed by atoms with Crippen molar-refractivity contribution in [1.82, 2.24) is 15.1 Å². The minimum absolute atomic E-state index is 0.0831. The number of nitrogens with one attached hydrogen (secondary N) is 1. The Balaban J connectivity index is 1.55. The number of carbonyl (C=O) groups excluding carboxylic acids is 1. The maximum Gasteiger partial charge on any atom is 0.330 e. The van der Waals surface area contributed by atoms with Gasteiger partial charge in [-0.3, -0.25) is 4.79 Å². The first-order valence-electron chi connectivity index (χ1n) is 9.27. The van der Waals surface area contributed by atoms with Crippen molar-refractivity contribution in [2.45, 2.75) is 31.6 Å². The number of nitrogens with zero attached hydrogens (tertiary/aromatic N) is 3. The molecule has 0 aliphatic carbocycles. The summed E-state index contributed by atoms with van der Waals surface area (Å²) in [6.07, 6.45) is 1.74. The van der Waals surface area contributed by atoms with Crippen molar-refractivity contribution in [1.29, 1.82) is 0 Å². The van der Waals surface area contributed by atoms with Crippen LogP contribution in [0.25, 0.3) is 11.5 Å². The van der Waals surface area contributed by atoms with E-state index in [4.69, 9.17) is 8.83 Å². The molecule has 30 heavy (non-hydrogen) atoms. The molecule has 3 heterocycles. The number of aromatic nitrogens is 2. The molecule has 0 saturated carbocycles. The fraction of sp³-hybridized carbons (Fsp3) is 0.316. The molecule has 1 aliphatic heterocycles. The van der Waals surface area contributed by atoms with Crippen LogP contribution in [0.3, 0.4) is 0 Å². The molecule has 0 radical (unpaired) electrons. The van der Waals surface area contributed by atoms with E-state index in [0.29, 0.717) is 30.2 Å². The van der Waals surface area contributed by atoms with E-state index in [9.17, 15) is 17.6 Å². The Kier molecular flexibility index (Phi) is 5.06. The lowest BCUT2D eigenvalue weighted by Crippen LogP contribution is -2.28. The Morgan fingerprint density at radius 1 is 1.13 bits per heavy atom. The lowest BCUT2D eigenvalue weighted by atomic mass is 10.2. The molecule has 0 unspecified atom stereocenters. The van der Waals surface area contributed by atoms with Crippen LogP contribution in [0.4, 0.5) is 10.4 Å². The molecule has 9 nitrogen and oxygen atoms in total. The number of likely N-dealkylation sites (tertiary alicyclic amines) is 1. The lowest BCUT2D eigenvalue weighted by molar-refractivity contribution is 0.0788. The van der Waals surface area contributed by atoms with E-state index in [2.05, 4.69) is 14.9 Å². The molecule has 0 spiro atoms. The van der Waals surface area contributed by atoms with E-state index in [1.54, 1.807) is 24.8 Å². The van der Waals surface area contributed by atoms with Crippen molar-refractivity contribution in [3.63, 3.8) is 0 Å². The molecule has 11 heteroatoms. The molecule has 1 N–H and O–H groups in total. The van der Waals surface area contributed by atoms with Crippen LogP contribution in [-0.2, 0) is 10.0 Å². The van der Waals surface area contributed by atoms with Crippen LogP contribution in [0.2, 0.25) is 0 Å². The second-order valence-corrected chi connectivity index (χ2v) is 8.67. The summed E-state index contributed by atoms with van der Waals surface area (Å²) in [7, 11) is -4.21. The summed E-state index contributed by atoms with van der Waals surface area (Å²) in [5.41, 5.74) is 0.378.